The first-order valence-electron chi connectivity index (χ1n) is 5.84. The highest BCUT2D eigenvalue weighted by atomic mass is 32.2. The molecule has 3 nitrogen and oxygen atoms in total. The summed E-state index contributed by atoms with van der Waals surface area (Å²) < 4.78 is 23.6. The van der Waals surface area contributed by atoms with Crippen LogP contribution in [0.4, 0.5) is 0 Å². The van der Waals surface area contributed by atoms with Crippen molar-refractivity contribution in [3.05, 3.63) is 54.7 Å². The minimum atomic E-state index is -3.26. The summed E-state index contributed by atoms with van der Waals surface area (Å²) in [6, 6.07) is 15.8. The third-order valence-corrected chi connectivity index (χ3v) is 4.20. The third-order valence-electron chi connectivity index (χ3n) is 3.06. The van der Waals surface area contributed by atoms with E-state index in [2.05, 4.69) is 11.1 Å². The number of rotatable bonds is 2. The first-order chi connectivity index (χ1) is 9.05. The van der Waals surface area contributed by atoms with E-state index in [1.54, 1.807) is 18.2 Å². The van der Waals surface area contributed by atoms with Crippen LogP contribution in [0.15, 0.2) is 53.6 Å². The van der Waals surface area contributed by atoms with Crippen LogP contribution < -0.4 is 0 Å². The van der Waals surface area contributed by atoms with E-state index >= 15 is 0 Å². The second kappa shape index (κ2) is 4.24. The Morgan fingerprint density at radius 3 is 2.79 bits per heavy atom. The van der Waals surface area contributed by atoms with Gasteiger partial charge in [-0.25, -0.2) is 8.42 Å². The van der Waals surface area contributed by atoms with E-state index in [9.17, 15) is 8.42 Å². The second-order valence-corrected chi connectivity index (χ2v) is 6.45. The standard InChI is InChI=1S/C15H12NO2S/c1-19(17,18)15-5-3-2-4-13(15)12-7-6-11-8-9-16-14(11)10-12/h2-3,5-10,16H,1H3. The van der Waals surface area contributed by atoms with Gasteiger partial charge >= 0.3 is 0 Å². The lowest BCUT2D eigenvalue weighted by atomic mass is 10.0. The first kappa shape index (κ1) is 12.0. The summed E-state index contributed by atoms with van der Waals surface area (Å²) in [7, 11) is -3.26. The molecule has 0 aliphatic rings. The molecule has 3 aromatic rings. The Kier molecular flexibility index (Phi) is 2.68. The molecule has 0 saturated heterocycles. The summed E-state index contributed by atoms with van der Waals surface area (Å²) in [5.74, 6) is 0. The Balaban J connectivity index is 2.27. The van der Waals surface area contributed by atoms with Gasteiger partial charge in [-0.15, -0.1) is 0 Å². The molecule has 2 aromatic carbocycles. The third kappa shape index (κ3) is 2.15. The zero-order chi connectivity index (χ0) is 13.5. The predicted octanol–water partition coefficient (Wildman–Crippen LogP) is 3.04. The predicted molar refractivity (Wildman–Crippen MR) is 75.7 cm³/mol. The number of sulfone groups is 1. The molecule has 0 saturated carbocycles. The van der Waals surface area contributed by atoms with Crippen molar-refractivity contribution in [2.24, 2.45) is 0 Å². The highest BCUT2D eigenvalue weighted by molar-refractivity contribution is 7.90. The molecular weight excluding hydrogens is 258 g/mol. The van der Waals surface area contributed by atoms with Gasteiger partial charge in [0.25, 0.3) is 0 Å². The average Bonchev–Trinajstić information content (AvgIpc) is 2.85. The Labute approximate surface area is 111 Å². The van der Waals surface area contributed by atoms with Crippen LogP contribution in [0.2, 0.25) is 0 Å². The van der Waals surface area contributed by atoms with Crippen molar-refractivity contribution in [2.75, 3.05) is 6.26 Å². The molecule has 0 bridgehead atoms. The molecule has 1 aromatic heterocycles. The van der Waals surface area contributed by atoms with Crippen molar-refractivity contribution in [1.82, 2.24) is 4.98 Å². The SMILES string of the molecule is CS(=O)(=O)c1ccc[c]c1-c1ccc2cc[nH]c2c1. The van der Waals surface area contributed by atoms with E-state index in [4.69, 9.17) is 0 Å². The minimum Gasteiger partial charge on any atom is -0.361 e. The smallest absolute Gasteiger partial charge is 0.176 e. The molecule has 0 atom stereocenters. The monoisotopic (exact) mass is 270 g/mol. The molecule has 0 aliphatic carbocycles. The quantitative estimate of drug-likeness (QED) is 0.778. The van der Waals surface area contributed by atoms with Crippen molar-refractivity contribution in [2.45, 2.75) is 4.90 Å². The molecule has 3 rings (SSSR count). The van der Waals surface area contributed by atoms with E-state index in [-0.39, 0.29) is 0 Å². The first-order valence-corrected chi connectivity index (χ1v) is 7.73. The lowest BCUT2D eigenvalue weighted by Gasteiger charge is -2.07. The van der Waals surface area contributed by atoms with Gasteiger partial charge in [-0.1, -0.05) is 24.3 Å². The van der Waals surface area contributed by atoms with Crippen LogP contribution in [0.25, 0.3) is 22.0 Å². The maximum atomic E-state index is 11.8. The van der Waals surface area contributed by atoms with Gasteiger partial charge in [0.2, 0.25) is 0 Å². The average molecular weight is 270 g/mol. The molecule has 4 heteroatoms. The van der Waals surface area contributed by atoms with Crippen LogP contribution in [0.1, 0.15) is 0 Å². The van der Waals surface area contributed by atoms with Crippen LogP contribution >= 0.6 is 0 Å². The largest absolute Gasteiger partial charge is 0.361 e. The van der Waals surface area contributed by atoms with Crippen molar-refractivity contribution in [3.63, 3.8) is 0 Å². The zero-order valence-corrected chi connectivity index (χ0v) is 11.2. The zero-order valence-electron chi connectivity index (χ0n) is 10.3. The fraction of sp³-hybridized carbons (Fsp3) is 0.0667. The Morgan fingerprint density at radius 1 is 1.16 bits per heavy atom. The number of H-pyrrole nitrogens is 1. The van der Waals surface area contributed by atoms with Gasteiger partial charge in [0.05, 0.1) is 4.90 Å². The molecule has 0 unspecified atom stereocenters. The van der Waals surface area contributed by atoms with E-state index < -0.39 is 9.84 Å². The maximum absolute atomic E-state index is 11.8. The fourth-order valence-corrected chi connectivity index (χ4v) is 3.03. The molecule has 0 spiro atoms. The molecule has 19 heavy (non-hydrogen) atoms. The van der Waals surface area contributed by atoms with Gasteiger partial charge in [-0.3, -0.25) is 0 Å². The van der Waals surface area contributed by atoms with Gasteiger partial charge < -0.3 is 4.98 Å². The number of aromatic nitrogens is 1. The Bertz CT molecular complexity index is 847. The number of benzene rings is 2. The molecule has 1 heterocycles. The number of aromatic amines is 1. The van der Waals surface area contributed by atoms with Crippen molar-refractivity contribution in [1.29, 1.82) is 0 Å². The van der Waals surface area contributed by atoms with E-state index in [0.29, 0.717) is 10.5 Å². The minimum absolute atomic E-state index is 0.306. The summed E-state index contributed by atoms with van der Waals surface area (Å²) in [6.07, 6.45) is 3.08. The Hall–Kier alpha value is -2.07. The summed E-state index contributed by atoms with van der Waals surface area (Å²) in [4.78, 5) is 3.43. The second-order valence-electron chi connectivity index (χ2n) is 4.46. The normalized spacial score (nSPS) is 11.8. The lowest BCUT2D eigenvalue weighted by Crippen LogP contribution is -1.99. The van der Waals surface area contributed by atoms with Crippen LogP contribution in [-0.4, -0.2) is 19.7 Å². The van der Waals surface area contributed by atoms with Crippen LogP contribution in [-0.2, 0) is 9.84 Å². The van der Waals surface area contributed by atoms with E-state index in [0.717, 1.165) is 16.5 Å². The van der Waals surface area contributed by atoms with E-state index in [1.807, 2.05) is 30.5 Å². The number of hydrogen-bond donors (Lipinski definition) is 1. The number of hydrogen-bond acceptors (Lipinski definition) is 2. The highest BCUT2D eigenvalue weighted by Gasteiger charge is 2.14. The molecular formula is C15H12NO2S. The maximum Gasteiger partial charge on any atom is 0.176 e. The van der Waals surface area contributed by atoms with Crippen molar-refractivity contribution in [3.8, 4) is 11.1 Å². The molecule has 0 amide bonds. The van der Waals surface area contributed by atoms with Gasteiger partial charge in [-0.05, 0) is 35.2 Å². The van der Waals surface area contributed by atoms with Gasteiger partial charge in [0.15, 0.2) is 9.84 Å². The van der Waals surface area contributed by atoms with Crippen molar-refractivity contribution >= 4 is 20.7 Å². The van der Waals surface area contributed by atoms with E-state index in [1.165, 1.54) is 6.26 Å². The highest BCUT2D eigenvalue weighted by Crippen LogP contribution is 2.28. The van der Waals surface area contributed by atoms with Crippen molar-refractivity contribution < 1.29 is 8.42 Å². The molecule has 0 aliphatic heterocycles. The Morgan fingerprint density at radius 2 is 2.00 bits per heavy atom. The van der Waals surface area contributed by atoms with Gasteiger partial charge in [0, 0.05) is 23.5 Å². The van der Waals surface area contributed by atoms with Crippen LogP contribution in [0.5, 0.6) is 0 Å². The van der Waals surface area contributed by atoms with Crippen LogP contribution in [0.3, 0.4) is 0 Å². The molecule has 1 N–H and O–H groups in total. The summed E-state index contributed by atoms with van der Waals surface area (Å²) in [5.41, 5.74) is 2.44. The lowest BCUT2D eigenvalue weighted by molar-refractivity contribution is 0.602. The topological polar surface area (TPSA) is 49.9 Å². The summed E-state index contributed by atoms with van der Waals surface area (Å²) in [5, 5.41) is 1.10. The molecule has 1 radical (unpaired) electrons. The fourth-order valence-electron chi connectivity index (χ4n) is 2.16. The van der Waals surface area contributed by atoms with Crippen LogP contribution in [0, 0.1) is 6.07 Å². The van der Waals surface area contributed by atoms with Gasteiger partial charge in [-0.2, -0.15) is 0 Å². The number of nitrogens with one attached hydrogen (secondary N) is 1. The number of fused-ring (bicyclic) bond motifs is 1. The molecule has 0 fully saturated rings. The summed E-state index contributed by atoms with van der Waals surface area (Å²) in [6.45, 7) is 0. The summed E-state index contributed by atoms with van der Waals surface area (Å²) >= 11 is 0. The molecule has 95 valence electrons. The van der Waals surface area contributed by atoms with Gasteiger partial charge in [0.1, 0.15) is 0 Å².